The lowest BCUT2D eigenvalue weighted by molar-refractivity contribution is 0.0954. The van der Waals surface area contributed by atoms with Gasteiger partial charge < -0.3 is 10.3 Å². The van der Waals surface area contributed by atoms with Crippen LogP contribution < -0.4 is 5.32 Å². The van der Waals surface area contributed by atoms with Gasteiger partial charge in [0, 0.05) is 29.2 Å². The lowest BCUT2D eigenvalue weighted by Crippen LogP contribution is -2.24. The summed E-state index contributed by atoms with van der Waals surface area (Å²) in [7, 11) is 0. The second kappa shape index (κ2) is 4.84. The third kappa shape index (κ3) is 2.40. The predicted octanol–water partition coefficient (Wildman–Crippen LogP) is 3.09. The maximum absolute atomic E-state index is 12.1. The van der Waals surface area contributed by atoms with Crippen LogP contribution >= 0.6 is 0 Å². The molecule has 0 saturated heterocycles. The van der Waals surface area contributed by atoms with Crippen molar-refractivity contribution in [2.45, 2.75) is 25.7 Å². The number of carbonyl (C=O) groups excluding carboxylic acids is 1. The van der Waals surface area contributed by atoms with Crippen molar-refractivity contribution in [3.05, 3.63) is 36.0 Å². The molecule has 0 bridgehead atoms. The van der Waals surface area contributed by atoms with Crippen LogP contribution in [0.5, 0.6) is 0 Å². The monoisotopic (exact) mass is 242 g/mol. The molecule has 1 aliphatic rings. The zero-order chi connectivity index (χ0) is 12.4. The van der Waals surface area contributed by atoms with Crippen LogP contribution in [-0.2, 0) is 0 Å². The number of hydrogen-bond donors (Lipinski definition) is 2. The lowest BCUT2D eigenvalue weighted by atomic mass is 10.1. The summed E-state index contributed by atoms with van der Waals surface area (Å²) < 4.78 is 0. The number of rotatable bonds is 5. The SMILES string of the molecule is O=C(NCCCC1CC1)c1cccc2[nH]ccc12. The second-order valence-electron chi connectivity index (χ2n) is 5.09. The van der Waals surface area contributed by atoms with Gasteiger partial charge in [0.2, 0.25) is 0 Å². The van der Waals surface area contributed by atoms with E-state index in [2.05, 4.69) is 10.3 Å². The van der Waals surface area contributed by atoms with E-state index in [0.29, 0.717) is 0 Å². The summed E-state index contributed by atoms with van der Waals surface area (Å²) in [5.41, 5.74) is 1.78. The molecular weight excluding hydrogens is 224 g/mol. The van der Waals surface area contributed by atoms with Gasteiger partial charge in [-0.3, -0.25) is 4.79 Å². The minimum atomic E-state index is 0.0380. The van der Waals surface area contributed by atoms with Gasteiger partial charge in [-0.25, -0.2) is 0 Å². The molecule has 1 amide bonds. The fourth-order valence-corrected chi connectivity index (χ4v) is 2.38. The molecule has 3 nitrogen and oxygen atoms in total. The molecule has 0 unspecified atom stereocenters. The van der Waals surface area contributed by atoms with E-state index in [1.54, 1.807) is 0 Å². The van der Waals surface area contributed by atoms with Crippen molar-refractivity contribution >= 4 is 16.8 Å². The summed E-state index contributed by atoms with van der Waals surface area (Å²) in [6.07, 6.45) is 7.00. The van der Waals surface area contributed by atoms with Crippen LogP contribution in [0.15, 0.2) is 30.5 Å². The standard InChI is InChI=1S/C15H18N2O/c18-15(17-9-2-3-11-6-7-11)13-4-1-5-14-12(13)8-10-16-14/h1,4-5,8,10-11,16H,2-3,6-7,9H2,(H,17,18). The Morgan fingerprint density at radius 3 is 3.06 bits per heavy atom. The summed E-state index contributed by atoms with van der Waals surface area (Å²) in [5.74, 6) is 0.978. The van der Waals surface area contributed by atoms with Crippen LogP contribution in [0, 0.1) is 5.92 Å². The molecule has 2 aromatic rings. The molecule has 18 heavy (non-hydrogen) atoms. The van der Waals surface area contributed by atoms with Crippen LogP contribution in [-0.4, -0.2) is 17.4 Å². The number of aromatic nitrogens is 1. The minimum absolute atomic E-state index is 0.0380. The second-order valence-corrected chi connectivity index (χ2v) is 5.09. The number of aromatic amines is 1. The van der Waals surface area contributed by atoms with E-state index >= 15 is 0 Å². The molecule has 1 aliphatic carbocycles. The first kappa shape index (κ1) is 11.3. The topological polar surface area (TPSA) is 44.9 Å². The summed E-state index contributed by atoms with van der Waals surface area (Å²) in [5, 5.41) is 4.01. The van der Waals surface area contributed by atoms with Crippen LogP contribution in [0.1, 0.15) is 36.0 Å². The van der Waals surface area contributed by atoms with Crippen LogP contribution in [0.25, 0.3) is 10.9 Å². The zero-order valence-electron chi connectivity index (χ0n) is 10.4. The lowest BCUT2D eigenvalue weighted by Gasteiger charge is -2.06. The third-order valence-corrected chi connectivity index (χ3v) is 3.61. The normalized spacial score (nSPS) is 14.9. The largest absolute Gasteiger partial charge is 0.361 e. The van der Waals surface area contributed by atoms with E-state index in [9.17, 15) is 4.79 Å². The van der Waals surface area contributed by atoms with Crippen LogP contribution in [0.3, 0.4) is 0 Å². The van der Waals surface area contributed by atoms with Gasteiger partial charge in [0.25, 0.3) is 5.91 Å². The van der Waals surface area contributed by atoms with Crippen molar-refractivity contribution in [3.8, 4) is 0 Å². The highest BCUT2D eigenvalue weighted by molar-refractivity contribution is 6.06. The molecule has 3 rings (SSSR count). The molecule has 1 saturated carbocycles. The third-order valence-electron chi connectivity index (χ3n) is 3.61. The number of nitrogens with one attached hydrogen (secondary N) is 2. The number of H-pyrrole nitrogens is 1. The highest BCUT2D eigenvalue weighted by Gasteiger charge is 2.20. The van der Waals surface area contributed by atoms with E-state index in [4.69, 9.17) is 0 Å². The van der Waals surface area contributed by atoms with E-state index in [0.717, 1.165) is 35.3 Å². The van der Waals surface area contributed by atoms with Gasteiger partial charge in [-0.1, -0.05) is 18.9 Å². The molecule has 0 spiro atoms. The number of fused-ring (bicyclic) bond motifs is 1. The molecule has 1 fully saturated rings. The number of hydrogen-bond acceptors (Lipinski definition) is 1. The van der Waals surface area contributed by atoms with Gasteiger partial charge in [0.05, 0.1) is 0 Å². The Morgan fingerprint density at radius 2 is 2.22 bits per heavy atom. The maximum Gasteiger partial charge on any atom is 0.251 e. The van der Waals surface area contributed by atoms with Crippen molar-refractivity contribution in [2.75, 3.05) is 6.54 Å². The Balaban J connectivity index is 1.62. The first-order chi connectivity index (χ1) is 8.84. The highest BCUT2D eigenvalue weighted by atomic mass is 16.1. The van der Waals surface area contributed by atoms with Crippen molar-refractivity contribution in [1.29, 1.82) is 0 Å². The Morgan fingerprint density at radius 1 is 1.33 bits per heavy atom. The van der Waals surface area contributed by atoms with Crippen molar-refractivity contribution < 1.29 is 4.79 Å². The van der Waals surface area contributed by atoms with Crippen molar-refractivity contribution in [1.82, 2.24) is 10.3 Å². The summed E-state index contributed by atoms with van der Waals surface area (Å²) in [6, 6.07) is 7.73. The fourth-order valence-electron chi connectivity index (χ4n) is 2.38. The van der Waals surface area contributed by atoms with E-state index in [-0.39, 0.29) is 5.91 Å². The van der Waals surface area contributed by atoms with Gasteiger partial charge in [0.15, 0.2) is 0 Å². The van der Waals surface area contributed by atoms with Gasteiger partial charge in [-0.15, -0.1) is 0 Å². The maximum atomic E-state index is 12.1. The van der Waals surface area contributed by atoms with E-state index in [1.165, 1.54) is 19.3 Å². The molecule has 1 aromatic carbocycles. The minimum Gasteiger partial charge on any atom is -0.361 e. The Hall–Kier alpha value is -1.77. The molecule has 0 aliphatic heterocycles. The quantitative estimate of drug-likeness (QED) is 0.777. The molecule has 1 aromatic heterocycles. The molecule has 3 heteroatoms. The van der Waals surface area contributed by atoms with E-state index in [1.807, 2.05) is 30.5 Å². The van der Waals surface area contributed by atoms with Gasteiger partial charge in [-0.05, 0) is 37.0 Å². The van der Waals surface area contributed by atoms with Crippen molar-refractivity contribution in [3.63, 3.8) is 0 Å². The molecule has 1 heterocycles. The van der Waals surface area contributed by atoms with Gasteiger partial charge in [0.1, 0.15) is 0 Å². The summed E-state index contributed by atoms with van der Waals surface area (Å²) >= 11 is 0. The molecule has 2 N–H and O–H groups in total. The Kier molecular flexibility index (Phi) is 3.05. The first-order valence-electron chi connectivity index (χ1n) is 6.69. The van der Waals surface area contributed by atoms with Crippen LogP contribution in [0.2, 0.25) is 0 Å². The number of carbonyl (C=O) groups is 1. The molecule has 94 valence electrons. The average Bonchev–Trinajstić information content (AvgIpc) is 3.08. The number of amides is 1. The van der Waals surface area contributed by atoms with Crippen LogP contribution in [0.4, 0.5) is 0 Å². The predicted molar refractivity (Wildman–Crippen MR) is 72.6 cm³/mol. The molecule has 0 atom stereocenters. The number of benzene rings is 1. The van der Waals surface area contributed by atoms with E-state index < -0.39 is 0 Å². The fraction of sp³-hybridized carbons (Fsp3) is 0.400. The average molecular weight is 242 g/mol. The summed E-state index contributed by atoms with van der Waals surface area (Å²) in [6.45, 7) is 0.788. The van der Waals surface area contributed by atoms with Gasteiger partial charge in [-0.2, -0.15) is 0 Å². The van der Waals surface area contributed by atoms with Gasteiger partial charge >= 0.3 is 0 Å². The highest BCUT2D eigenvalue weighted by Crippen LogP contribution is 2.33. The Bertz CT molecular complexity index is 554. The Labute approximate surface area is 107 Å². The zero-order valence-corrected chi connectivity index (χ0v) is 10.4. The first-order valence-corrected chi connectivity index (χ1v) is 6.69. The summed E-state index contributed by atoms with van der Waals surface area (Å²) in [4.78, 5) is 15.2. The smallest absolute Gasteiger partial charge is 0.251 e. The van der Waals surface area contributed by atoms with Crippen molar-refractivity contribution in [2.24, 2.45) is 5.92 Å². The molecular formula is C15H18N2O. The molecule has 0 radical (unpaired) electrons.